The summed E-state index contributed by atoms with van der Waals surface area (Å²) in [7, 11) is 0. The van der Waals surface area contributed by atoms with Crippen LogP contribution in [0.3, 0.4) is 0 Å². The molecule has 1 atom stereocenters. The minimum atomic E-state index is -0.715. The zero-order chi connectivity index (χ0) is 14.5. The number of thioether (sulfide) groups is 1. The number of aliphatic carboxylic acids is 1. The van der Waals surface area contributed by atoms with Gasteiger partial charge in [0, 0.05) is 28.3 Å². The molecule has 1 aliphatic rings. The van der Waals surface area contributed by atoms with Gasteiger partial charge >= 0.3 is 5.97 Å². The van der Waals surface area contributed by atoms with Gasteiger partial charge in [-0.1, -0.05) is 23.2 Å². The standard InChI is InChI=1S/C14H17Cl2NO2S/c15-10-3-4-12(16)13(8-10)20-7-6-17-5-1-2-11(17)9-14(18)19/h3-4,8,11H,1-2,5-7,9H2,(H,18,19). The first-order valence-corrected chi connectivity index (χ1v) is 8.34. The molecule has 0 spiro atoms. The van der Waals surface area contributed by atoms with Crippen LogP contribution in [-0.4, -0.2) is 40.9 Å². The maximum atomic E-state index is 10.8. The number of carboxylic acid groups (broad SMARTS) is 1. The van der Waals surface area contributed by atoms with Crippen LogP contribution in [-0.2, 0) is 4.79 Å². The summed E-state index contributed by atoms with van der Waals surface area (Å²) in [6.45, 7) is 1.87. The van der Waals surface area contributed by atoms with Crippen LogP contribution in [0.5, 0.6) is 0 Å². The van der Waals surface area contributed by atoms with Crippen molar-refractivity contribution in [3.63, 3.8) is 0 Å². The van der Waals surface area contributed by atoms with E-state index in [0.29, 0.717) is 10.0 Å². The number of benzene rings is 1. The van der Waals surface area contributed by atoms with Crippen molar-refractivity contribution >= 4 is 40.9 Å². The Morgan fingerprint density at radius 2 is 2.25 bits per heavy atom. The molecule has 0 bridgehead atoms. The van der Waals surface area contributed by atoms with E-state index in [0.717, 1.165) is 36.6 Å². The lowest BCUT2D eigenvalue weighted by atomic mass is 10.1. The Labute approximate surface area is 133 Å². The Bertz CT molecular complexity index is 484. The van der Waals surface area contributed by atoms with Gasteiger partial charge in [-0.25, -0.2) is 0 Å². The van der Waals surface area contributed by atoms with E-state index in [4.69, 9.17) is 28.3 Å². The molecule has 1 aromatic rings. The molecule has 1 N–H and O–H groups in total. The number of carbonyl (C=O) groups is 1. The summed E-state index contributed by atoms with van der Waals surface area (Å²) < 4.78 is 0. The predicted molar refractivity (Wildman–Crippen MR) is 84.0 cm³/mol. The van der Waals surface area contributed by atoms with Crippen molar-refractivity contribution < 1.29 is 9.90 Å². The van der Waals surface area contributed by atoms with Crippen molar-refractivity contribution in [2.24, 2.45) is 0 Å². The molecule has 0 aliphatic carbocycles. The van der Waals surface area contributed by atoms with Gasteiger partial charge in [-0.3, -0.25) is 9.69 Å². The molecule has 0 radical (unpaired) electrons. The minimum Gasteiger partial charge on any atom is -0.481 e. The molecule has 0 aromatic heterocycles. The normalized spacial score (nSPS) is 19.4. The van der Waals surface area contributed by atoms with E-state index >= 15 is 0 Å². The van der Waals surface area contributed by atoms with Gasteiger partial charge in [-0.05, 0) is 37.6 Å². The Balaban J connectivity index is 1.83. The average Bonchev–Trinajstić information content (AvgIpc) is 2.80. The molecule has 1 aliphatic heterocycles. The van der Waals surface area contributed by atoms with Crippen LogP contribution >= 0.6 is 35.0 Å². The summed E-state index contributed by atoms with van der Waals surface area (Å²) in [4.78, 5) is 14.1. The van der Waals surface area contributed by atoms with Crippen LogP contribution in [0.4, 0.5) is 0 Å². The first-order valence-electron chi connectivity index (χ1n) is 6.60. The highest BCUT2D eigenvalue weighted by Crippen LogP contribution is 2.30. The lowest BCUT2D eigenvalue weighted by molar-refractivity contribution is -0.138. The second kappa shape index (κ2) is 7.55. The number of halogens is 2. The third-order valence-corrected chi connectivity index (χ3v) is 5.15. The van der Waals surface area contributed by atoms with Crippen LogP contribution in [0, 0.1) is 0 Å². The SMILES string of the molecule is O=C(O)CC1CCCN1CCSc1cc(Cl)ccc1Cl. The maximum absolute atomic E-state index is 10.8. The molecule has 0 amide bonds. The van der Waals surface area contributed by atoms with Gasteiger partial charge < -0.3 is 5.11 Å². The molecule has 0 saturated carbocycles. The van der Waals surface area contributed by atoms with Gasteiger partial charge in [-0.2, -0.15) is 0 Å². The highest BCUT2D eigenvalue weighted by molar-refractivity contribution is 7.99. The predicted octanol–water partition coefficient (Wildman–Crippen LogP) is 4.02. The van der Waals surface area contributed by atoms with E-state index < -0.39 is 5.97 Å². The topological polar surface area (TPSA) is 40.5 Å². The monoisotopic (exact) mass is 333 g/mol. The van der Waals surface area contributed by atoms with Gasteiger partial charge in [0.25, 0.3) is 0 Å². The first kappa shape index (κ1) is 16.0. The van der Waals surface area contributed by atoms with Gasteiger partial charge in [0.05, 0.1) is 11.4 Å². The van der Waals surface area contributed by atoms with Crippen molar-refractivity contribution in [2.75, 3.05) is 18.8 Å². The van der Waals surface area contributed by atoms with Gasteiger partial charge in [0.15, 0.2) is 0 Å². The van der Waals surface area contributed by atoms with Gasteiger partial charge in [-0.15, -0.1) is 11.8 Å². The number of carboxylic acids is 1. The average molecular weight is 334 g/mol. The summed E-state index contributed by atoms with van der Waals surface area (Å²) in [5.74, 6) is 0.170. The third-order valence-electron chi connectivity index (χ3n) is 3.44. The molecule has 1 fully saturated rings. The zero-order valence-electron chi connectivity index (χ0n) is 11.0. The number of likely N-dealkylation sites (tertiary alicyclic amines) is 1. The summed E-state index contributed by atoms with van der Waals surface area (Å²) in [6, 6.07) is 5.63. The van der Waals surface area contributed by atoms with Crippen LogP contribution in [0.15, 0.2) is 23.1 Å². The van der Waals surface area contributed by atoms with E-state index in [9.17, 15) is 4.79 Å². The number of nitrogens with zero attached hydrogens (tertiary/aromatic N) is 1. The lowest BCUT2D eigenvalue weighted by Crippen LogP contribution is -2.33. The Morgan fingerprint density at radius 3 is 3.00 bits per heavy atom. The van der Waals surface area contributed by atoms with Gasteiger partial charge in [0.1, 0.15) is 0 Å². The van der Waals surface area contributed by atoms with Crippen LogP contribution in [0.1, 0.15) is 19.3 Å². The summed E-state index contributed by atoms with van der Waals surface area (Å²) in [6.07, 6.45) is 2.30. The van der Waals surface area contributed by atoms with E-state index in [-0.39, 0.29) is 12.5 Å². The fourth-order valence-electron chi connectivity index (χ4n) is 2.48. The van der Waals surface area contributed by atoms with E-state index in [2.05, 4.69) is 4.90 Å². The molecule has 1 heterocycles. The maximum Gasteiger partial charge on any atom is 0.304 e. The molecular weight excluding hydrogens is 317 g/mol. The van der Waals surface area contributed by atoms with E-state index in [1.807, 2.05) is 6.07 Å². The molecule has 3 nitrogen and oxygen atoms in total. The van der Waals surface area contributed by atoms with Crippen LogP contribution in [0.2, 0.25) is 10.0 Å². The highest BCUT2D eigenvalue weighted by Gasteiger charge is 2.25. The van der Waals surface area contributed by atoms with Crippen LogP contribution in [0.25, 0.3) is 0 Å². The van der Waals surface area contributed by atoms with E-state index in [1.54, 1.807) is 23.9 Å². The van der Waals surface area contributed by atoms with Crippen LogP contribution < -0.4 is 0 Å². The highest BCUT2D eigenvalue weighted by atomic mass is 35.5. The van der Waals surface area contributed by atoms with Crippen molar-refractivity contribution in [1.29, 1.82) is 0 Å². The van der Waals surface area contributed by atoms with E-state index in [1.165, 1.54) is 0 Å². The third kappa shape index (κ3) is 4.55. The second-order valence-corrected chi connectivity index (χ2v) is 6.83. The summed E-state index contributed by atoms with van der Waals surface area (Å²) in [5.41, 5.74) is 0. The van der Waals surface area contributed by atoms with Gasteiger partial charge in [0.2, 0.25) is 0 Å². The summed E-state index contributed by atoms with van der Waals surface area (Å²) >= 11 is 13.7. The fraction of sp³-hybridized carbons (Fsp3) is 0.500. The second-order valence-electron chi connectivity index (χ2n) is 4.85. The Kier molecular flexibility index (Phi) is 6.02. The Hall–Kier alpha value is -0.420. The van der Waals surface area contributed by atoms with Crippen molar-refractivity contribution in [1.82, 2.24) is 4.90 Å². The first-order chi connectivity index (χ1) is 9.56. The molecule has 6 heteroatoms. The molecule has 20 heavy (non-hydrogen) atoms. The molecule has 2 rings (SSSR count). The summed E-state index contributed by atoms with van der Waals surface area (Å²) in [5, 5.41) is 10.3. The molecule has 1 saturated heterocycles. The quantitative estimate of drug-likeness (QED) is 0.798. The largest absolute Gasteiger partial charge is 0.481 e. The molecular formula is C14H17Cl2NO2S. The molecule has 1 unspecified atom stereocenters. The molecule has 110 valence electrons. The van der Waals surface area contributed by atoms with Crippen molar-refractivity contribution in [2.45, 2.75) is 30.2 Å². The molecule has 1 aromatic carbocycles. The minimum absolute atomic E-state index is 0.183. The number of hydrogen-bond acceptors (Lipinski definition) is 3. The van der Waals surface area contributed by atoms with Crippen molar-refractivity contribution in [3.8, 4) is 0 Å². The number of hydrogen-bond donors (Lipinski definition) is 1. The number of rotatable bonds is 6. The Morgan fingerprint density at radius 1 is 1.45 bits per heavy atom. The van der Waals surface area contributed by atoms with Crippen molar-refractivity contribution in [3.05, 3.63) is 28.2 Å². The smallest absolute Gasteiger partial charge is 0.304 e. The zero-order valence-corrected chi connectivity index (χ0v) is 13.3. The fourth-order valence-corrected chi connectivity index (χ4v) is 3.96. The lowest BCUT2D eigenvalue weighted by Gasteiger charge is -2.22.